The molecule has 0 aliphatic heterocycles. The van der Waals surface area contributed by atoms with E-state index in [9.17, 15) is 4.79 Å². The van der Waals surface area contributed by atoms with Crippen molar-refractivity contribution in [2.45, 2.75) is 12.8 Å². The number of hydrogen-bond donors (Lipinski definition) is 1. The molecule has 5 nitrogen and oxygen atoms in total. The van der Waals surface area contributed by atoms with Crippen LogP contribution in [0.3, 0.4) is 0 Å². The standard InChI is InChI=1S/C21H22N2O3S/c1-25-17-7-3-15(4-8-17)11-12-22-21(24)19-14-27-20(23-19)13-16-5-9-18(26-2)10-6-16/h3-10,14H,11-13H2,1-2H3,(H,22,24). The third kappa shape index (κ3) is 5.31. The van der Waals surface area contributed by atoms with Crippen molar-refractivity contribution in [3.8, 4) is 11.5 Å². The summed E-state index contributed by atoms with van der Waals surface area (Å²) in [6.45, 7) is 0.566. The molecule has 6 heteroatoms. The first-order chi connectivity index (χ1) is 13.2. The SMILES string of the molecule is COc1ccc(CCNC(=O)c2csc(Cc3ccc(OC)cc3)n2)cc1. The topological polar surface area (TPSA) is 60.5 Å². The molecule has 0 bridgehead atoms. The van der Waals surface area contributed by atoms with Gasteiger partial charge in [0, 0.05) is 18.3 Å². The number of ether oxygens (including phenoxy) is 2. The van der Waals surface area contributed by atoms with E-state index >= 15 is 0 Å². The molecule has 0 saturated heterocycles. The lowest BCUT2D eigenvalue weighted by Gasteiger charge is -2.05. The summed E-state index contributed by atoms with van der Waals surface area (Å²) in [6, 6.07) is 15.7. The average Bonchev–Trinajstić information content (AvgIpc) is 3.17. The molecule has 3 rings (SSSR count). The van der Waals surface area contributed by atoms with E-state index in [1.165, 1.54) is 11.3 Å². The second kappa shape index (κ2) is 9.19. The minimum absolute atomic E-state index is 0.138. The molecule has 0 spiro atoms. The number of benzene rings is 2. The normalized spacial score (nSPS) is 10.4. The quantitative estimate of drug-likeness (QED) is 0.645. The fraction of sp³-hybridized carbons (Fsp3) is 0.238. The van der Waals surface area contributed by atoms with Gasteiger partial charge in [-0.25, -0.2) is 4.98 Å². The van der Waals surface area contributed by atoms with E-state index in [0.29, 0.717) is 18.7 Å². The van der Waals surface area contributed by atoms with Crippen LogP contribution in [0.4, 0.5) is 0 Å². The molecule has 0 atom stereocenters. The van der Waals surface area contributed by atoms with E-state index in [-0.39, 0.29) is 5.91 Å². The van der Waals surface area contributed by atoms with Crippen molar-refractivity contribution in [3.63, 3.8) is 0 Å². The Morgan fingerprint density at radius 2 is 1.56 bits per heavy atom. The maximum absolute atomic E-state index is 12.3. The van der Waals surface area contributed by atoms with E-state index in [4.69, 9.17) is 9.47 Å². The number of hydrogen-bond acceptors (Lipinski definition) is 5. The summed E-state index contributed by atoms with van der Waals surface area (Å²) in [5, 5.41) is 5.65. The first kappa shape index (κ1) is 18.9. The average molecular weight is 382 g/mol. The Morgan fingerprint density at radius 3 is 2.15 bits per heavy atom. The molecule has 2 aromatic carbocycles. The lowest BCUT2D eigenvalue weighted by Crippen LogP contribution is -2.26. The maximum atomic E-state index is 12.3. The molecule has 27 heavy (non-hydrogen) atoms. The predicted octanol–water partition coefficient (Wildman–Crippen LogP) is 3.72. The van der Waals surface area contributed by atoms with Gasteiger partial charge in [-0.05, 0) is 41.8 Å². The van der Waals surface area contributed by atoms with Gasteiger partial charge in [0.1, 0.15) is 17.2 Å². The summed E-state index contributed by atoms with van der Waals surface area (Å²) < 4.78 is 10.3. The monoisotopic (exact) mass is 382 g/mol. The Bertz CT molecular complexity index is 873. The molecule has 1 amide bonds. The zero-order valence-corrected chi connectivity index (χ0v) is 16.2. The number of nitrogens with one attached hydrogen (secondary N) is 1. The molecule has 3 aromatic rings. The Kier molecular flexibility index (Phi) is 6.44. The number of carbonyl (C=O) groups is 1. The molecule has 0 aliphatic rings. The molecule has 1 aromatic heterocycles. The van der Waals surface area contributed by atoms with Crippen LogP contribution in [-0.4, -0.2) is 31.7 Å². The maximum Gasteiger partial charge on any atom is 0.270 e. The minimum Gasteiger partial charge on any atom is -0.497 e. The minimum atomic E-state index is -0.138. The van der Waals surface area contributed by atoms with Crippen LogP contribution in [0.25, 0.3) is 0 Å². The van der Waals surface area contributed by atoms with Crippen molar-refractivity contribution >= 4 is 17.2 Å². The van der Waals surface area contributed by atoms with E-state index in [0.717, 1.165) is 34.1 Å². The largest absolute Gasteiger partial charge is 0.497 e. The molecular weight excluding hydrogens is 360 g/mol. The fourth-order valence-corrected chi connectivity index (χ4v) is 3.43. The molecule has 0 fully saturated rings. The number of carbonyl (C=O) groups excluding carboxylic acids is 1. The summed E-state index contributed by atoms with van der Waals surface area (Å²) in [6.07, 6.45) is 1.46. The van der Waals surface area contributed by atoms with Gasteiger partial charge in [0.15, 0.2) is 0 Å². The van der Waals surface area contributed by atoms with Crippen LogP contribution >= 0.6 is 11.3 Å². The Labute approximate surface area is 163 Å². The Hall–Kier alpha value is -2.86. The van der Waals surface area contributed by atoms with Gasteiger partial charge in [-0.1, -0.05) is 24.3 Å². The molecule has 0 saturated carbocycles. The highest BCUT2D eigenvalue weighted by atomic mass is 32.1. The van der Waals surface area contributed by atoms with Gasteiger partial charge < -0.3 is 14.8 Å². The van der Waals surface area contributed by atoms with E-state index in [2.05, 4.69) is 10.3 Å². The Morgan fingerprint density at radius 1 is 0.963 bits per heavy atom. The van der Waals surface area contributed by atoms with Crippen LogP contribution in [0.1, 0.15) is 26.6 Å². The first-order valence-electron chi connectivity index (χ1n) is 8.66. The van der Waals surface area contributed by atoms with Crippen molar-refractivity contribution < 1.29 is 14.3 Å². The second-order valence-corrected chi connectivity index (χ2v) is 6.95. The zero-order valence-electron chi connectivity index (χ0n) is 15.4. The third-order valence-electron chi connectivity index (χ3n) is 4.16. The fourth-order valence-electron chi connectivity index (χ4n) is 2.62. The van der Waals surface area contributed by atoms with Crippen LogP contribution < -0.4 is 14.8 Å². The third-order valence-corrected chi connectivity index (χ3v) is 5.01. The summed E-state index contributed by atoms with van der Waals surface area (Å²) in [4.78, 5) is 16.7. The lowest BCUT2D eigenvalue weighted by atomic mass is 10.1. The van der Waals surface area contributed by atoms with Crippen LogP contribution in [0, 0.1) is 0 Å². The van der Waals surface area contributed by atoms with Crippen molar-refractivity contribution in [1.29, 1.82) is 0 Å². The lowest BCUT2D eigenvalue weighted by molar-refractivity contribution is 0.0949. The van der Waals surface area contributed by atoms with Crippen LogP contribution in [-0.2, 0) is 12.8 Å². The van der Waals surface area contributed by atoms with E-state index in [1.54, 1.807) is 14.2 Å². The molecule has 0 unspecified atom stereocenters. The van der Waals surface area contributed by atoms with Crippen molar-refractivity contribution in [2.24, 2.45) is 0 Å². The number of methoxy groups -OCH3 is 2. The molecule has 140 valence electrons. The van der Waals surface area contributed by atoms with Gasteiger partial charge in [0.05, 0.1) is 19.2 Å². The summed E-state index contributed by atoms with van der Waals surface area (Å²) in [5.74, 6) is 1.52. The van der Waals surface area contributed by atoms with Gasteiger partial charge in [-0.3, -0.25) is 4.79 Å². The van der Waals surface area contributed by atoms with Crippen LogP contribution in [0.2, 0.25) is 0 Å². The number of aromatic nitrogens is 1. The number of rotatable bonds is 8. The van der Waals surface area contributed by atoms with Gasteiger partial charge >= 0.3 is 0 Å². The number of thiazole rings is 1. The molecule has 1 heterocycles. The zero-order chi connectivity index (χ0) is 19.1. The number of amides is 1. The highest BCUT2D eigenvalue weighted by Crippen LogP contribution is 2.18. The first-order valence-corrected chi connectivity index (χ1v) is 9.54. The highest BCUT2D eigenvalue weighted by molar-refractivity contribution is 7.09. The highest BCUT2D eigenvalue weighted by Gasteiger charge is 2.11. The summed E-state index contributed by atoms with van der Waals surface area (Å²) >= 11 is 1.50. The molecule has 0 radical (unpaired) electrons. The smallest absolute Gasteiger partial charge is 0.270 e. The van der Waals surface area contributed by atoms with Crippen molar-refractivity contribution in [3.05, 3.63) is 75.7 Å². The van der Waals surface area contributed by atoms with Gasteiger partial charge in [-0.2, -0.15) is 0 Å². The molecular formula is C21H22N2O3S. The van der Waals surface area contributed by atoms with Crippen molar-refractivity contribution in [1.82, 2.24) is 10.3 Å². The summed E-state index contributed by atoms with van der Waals surface area (Å²) in [5.41, 5.74) is 2.75. The second-order valence-electron chi connectivity index (χ2n) is 6.01. The van der Waals surface area contributed by atoms with Crippen LogP contribution in [0.5, 0.6) is 11.5 Å². The molecule has 1 N–H and O–H groups in total. The van der Waals surface area contributed by atoms with E-state index < -0.39 is 0 Å². The molecule has 0 aliphatic carbocycles. The van der Waals surface area contributed by atoms with Crippen molar-refractivity contribution in [2.75, 3.05) is 20.8 Å². The van der Waals surface area contributed by atoms with Gasteiger partial charge in [-0.15, -0.1) is 11.3 Å². The van der Waals surface area contributed by atoms with Crippen LogP contribution in [0.15, 0.2) is 53.9 Å². The van der Waals surface area contributed by atoms with Gasteiger partial charge in [0.2, 0.25) is 0 Å². The summed E-state index contributed by atoms with van der Waals surface area (Å²) in [7, 11) is 3.29. The Balaban J connectivity index is 1.49. The number of nitrogens with zero attached hydrogens (tertiary/aromatic N) is 1. The van der Waals surface area contributed by atoms with E-state index in [1.807, 2.05) is 53.9 Å². The van der Waals surface area contributed by atoms with Gasteiger partial charge in [0.25, 0.3) is 5.91 Å². The predicted molar refractivity (Wildman–Crippen MR) is 107 cm³/mol.